The lowest BCUT2D eigenvalue weighted by molar-refractivity contribution is 0.371. The Bertz CT molecular complexity index is 618. The van der Waals surface area contributed by atoms with Crippen LogP contribution in [0.1, 0.15) is 11.8 Å². The fraction of sp³-hybridized carbons (Fsp3) is 0.231. The van der Waals surface area contributed by atoms with Crippen molar-refractivity contribution < 1.29 is 9.47 Å². The molecule has 4 heteroatoms. The molecule has 0 aliphatic carbocycles. The Morgan fingerprint density at radius 2 is 2.24 bits per heavy atom. The molecule has 0 N–H and O–H groups in total. The molecule has 0 saturated carbocycles. The number of hydrogen-bond acceptors (Lipinski definition) is 4. The van der Waals surface area contributed by atoms with Crippen molar-refractivity contribution in [1.29, 1.82) is 5.26 Å². The Morgan fingerprint density at radius 3 is 2.94 bits per heavy atom. The van der Waals surface area contributed by atoms with Gasteiger partial charge in [-0.15, -0.1) is 0 Å². The molecule has 2 atom stereocenters. The number of fused-ring (bicyclic) bond motifs is 1. The molecule has 1 saturated heterocycles. The molecule has 2 unspecified atom stereocenters. The van der Waals surface area contributed by atoms with Gasteiger partial charge in [-0.3, -0.25) is 0 Å². The van der Waals surface area contributed by atoms with E-state index in [2.05, 4.69) is 11.1 Å². The highest BCUT2D eigenvalue weighted by molar-refractivity contribution is 5.80. The number of epoxide rings is 1. The zero-order valence-electron chi connectivity index (χ0n) is 9.25. The van der Waals surface area contributed by atoms with Crippen molar-refractivity contribution in [2.45, 2.75) is 12.2 Å². The predicted molar refractivity (Wildman–Crippen MR) is 61.5 cm³/mol. The van der Waals surface area contributed by atoms with Crippen LogP contribution >= 0.6 is 0 Å². The van der Waals surface area contributed by atoms with Crippen LogP contribution in [0.3, 0.4) is 0 Å². The minimum atomic E-state index is -0.391. The monoisotopic (exact) mass is 226 g/mol. The quantitative estimate of drug-likeness (QED) is 0.736. The van der Waals surface area contributed by atoms with Crippen LogP contribution < -0.4 is 4.74 Å². The van der Waals surface area contributed by atoms with E-state index in [1.165, 1.54) is 0 Å². The number of aromatic nitrogens is 1. The van der Waals surface area contributed by atoms with Crippen molar-refractivity contribution in [3.8, 4) is 11.8 Å². The maximum atomic E-state index is 8.77. The molecule has 0 amide bonds. The van der Waals surface area contributed by atoms with E-state index in [1.807, 2.05) is 30.3 Å². The number of methoxy groups -OCH3 is 1. The second kappa shape index (κ2) is 3.72. The summed E-state index contributed by atoms with van der Waals surface area (Å²) < 4.78 is 10.5. The van der Waals surface area contributed by atoms with Gasteiger partial charge in [-0.25, -0.2) is 4.98 Å². The molecule has 2 aromatic rings. The molecule has 0 radical (unpaired) electrons. The third-order valence-corrected chi connectivity index (χ3v) is 2.82. The summed E-state index contributed by atoms with van der Waals surface area (Å²) in [6.07, 6.45) is -0.642. The van der Waals surface area contributed by atoms with Gasteiger partial charge in [-0.2, -0.15) is 5.26 Å². The van der Waals surface area contributed by atoms with Crippen molar-refractivity contribution in [1.82, 2.24) is 4.98 Å². The summed E-state index contributed by atoms with van der Waals surface area (Å²) in [5, 5.41) is 9.79. The van der Waals surface area contributed by atoms with E-state index in [0.717, 1.165) is 10.9 Å². The molecule has 84 valence electrons. The van der Waals surface area contributed by atoms with E-state index in [4.69, 9.17) is 14.7 Å². The zero-order chi connectivity index (χ0) is 11.8. The third kappa shape index (κ3) is 1.61. The van der Waals surface area contributed by atoms with Gasteiger partial charge in [0.2, 0.25) is 0 Å². The summed E-state index contributed by atoms with van der Waals surface area (Å²) in [6.45, 7) is 0. The first kappa shape index (κ1) is 10.1. The highest BCUT2D eigenvalue weighted by Gasteiger charge is 2.43. The van der Waals surface area contributed by atoms with Gasteiger partial charge in [0.25, 0.3) is 0 Å². The van der Waals surface area contributed by atoms with Gasteiger partial charge in [-0.1, -0.05) is 18.2 Å². The Balaban J connectivity index is 2.14. The summed E-state index contributed by atoms with van der Waals surface area (Å²) in [5.74, 6) is 0.673. The second-order valence-electron chi connectivity index (χ2n) is 3.87. The lowest BCUT2D eigenvalue weighted by atomic mass is 10.1. The van der Waals surface area contributed by atoms with E-state index in [-0.39, 0.29) is 6.10 Å². The normalized spacial score (nSPS) is 22.1. The Kier molecular flexibility index (Phi) is 2.20. The zero-order valence-corrected chi connectivity index (χ0v) is 9.25. The molecular formula is C13H10N2O2. The number of ether oxygens (including phenoxy) is 2. The topological polar surface area (TPSA) is 58.4 Å². The van der Waals surface area contributed by atoms with Crippen LogP contribution in [0.4, 0.5) is 0 Å². The van der Waals surface area contributed by atoms with Crippen molar-refractivity contribution in [3.05, 3.63) is 36.0 Å². The lowest BCUT2D eigenvalue weighted by Gasteiger charge is -2.07. The lowest BCUT2D eigenvalue weighted by Crippen LogP contribution is -1.97. The molecule has 4 nitrogen and oxygen atoms in total. The van der Waals surface area contributed by atoms with Crippen molar-refractivity contribution in [2.24, 2.45) is 0 Å². The Labute approximate surface area is 98.4 Å². The molecule has 0 bridgehead atoms. The first-order chi connectivity index (χ1) is 8.33. The second-order valence-corrected chi connectivity index (χ2v) is 3.87. The van der Waals surface area contributed by atoms with Crippen LogP contribution in [-0.2, 0) is 4.74 Å². The van der Waals surface area contributed by atoms with Gasteiger partial charge in [0.1, 0.15) is 17.5 Å². The average molecular weight is 226 g/mol. The summed E-state index contributed by atoms with van der Waals surface area (Å²) in [7, 11) is 1.60. The van der Waals surface area contributed by atoms with E-state index in [0.29, 0.717) is 11.4 Å². The largest absolute Gasteiger partial charge is 0.495 e. The van der Waals surface area contributed by atoms with Gasteiger partial charge in [0, 0.05) is 5.39 Å². The maximum absolute atomic E-state index is 8.77. The molecular weight excluding hydrogens is 216 g/mol. The number of hydrogen-bond donors (Lipinski definition) is 0. The number of pyridine rings is 1. The maximum Gasteiger partial charge on any atom is 0.176 e. The van der Waals surface area contributed by atoms with Crippen LogP contribution in [0, 0.1) is 11.3 Å². The van der Waals surface area contributed by atoms with E-state index < -0.39 is 6.10 Å². The first-order valence-electron chi connectivity index (χ1n) is 5.32. The number of rotatable bonds is 2. The standard InChI is InChI=1S/C13H10N2O2/c1-16-10-6-8-4-2-3-5-9(8)15-12(10)13-11(7-14)17-13/h2-6,11,13H,1H3. The smallest absolute Gasteiger partial charge is 0.176 e. The fourth-order valence-corrected chi connectivity index (χ4v) is 1.90. The molecule has 1 aliphatic rings. The molecule has 2 heterocycles. The highest BCUT2D eigenvalue weighted by Crippen LogP contribution is 2.42. The predicted octanol–water partition coefficient (Wildman–Crippen LogP) is 2.21. The molecule has 1 aromatic heterocycles. The van der Waals surface area contributed by atoms with Crippen LogP contribution in [0.25, 0.3) is 10.9 Å². The third-order valence-electron chi connectivity index (χ3n) is 2.82. The van der Waals surface area contributed by atoms with Crippen molar-refractivity contribution in [3.63, 3.8) is 0 Å². The summed E-state index contributed by atoms with van der Waals surface area (Å²) in [6, 6.07) is 11.8. The van der Waals surface area contributed by atoms with Crippen LogP contribution in [-0.4, -0.2) is 18.2 Å². The molecule has 1 aliphatic heterocycles. The molecule has 1 fully saturated rings. The van der Waals surface area contributed by atoms with Gasteiger partial charge in [-0.05, 0) is 12.1 Å². The first-order valence-corrected chi connectivity index (χ1v) is 5.32. The summed E-state index contributed by atoms with van der Waals surface area (Å²) in [5.41, 5.74) is 1.59. The Morgan fingerprint density at radius 1 is 1.41 bits per heavy atom. The number of nitrogens with zero attached hydrogens (tertiary/aromatic N) is 2. The van der Waals surface area contributed by atoms with Crippen LogP contribution in [0.15, 0.2) is 30.3 Å². The molecule has 0 spiro atoms. The van der Waals surface area contributed by atoms with E-state index >= 15 is 0 Å². The fourth-order valence-electron chi connectivity index (χ4n) is 1.90. The minimum Gasteiger partial charge on any atom is -0.495 e. The molecule has 3 rings (SSSR count). The highest BCUT2D eigenvalue weighted by atomic mass is 16.6. The SMILES string of the molecule is COc1cc2ccccc2nc1C1OC1C#N. The number of nitriles is 1. The van der Waals surface area contributed by atoms with Gasteiger partial charge < -0.3 is 9.47 Å². The van der Waals surface area contributed by atoms with Gasteiger partial charge in [0.05, 0.1) is 18.7 Å². The summed E-state index contributed by atoms with van der Waals surface area (Å²) in [4.78, 5) is 4.51. The van der Waals surface area contributed by atoms with Crippen LogP contribution in [0.5, 0.6) is 5.75 Å². The van der Waals surface area contributed by atoms with Crippen molar-refractivity contribution in [2.75, 3.05) is 7.11 Å². The number of benzene rings is 1. The Hall–Kier alpha value is -2.12. The van der Waals surface area contributed by atoms with Gasteiger partial charge in [0.15, 0.2) is 6.10 Å². The van der Waals surface area contributed by atoms with Crippen LogP contribution in [0.2, 0.25) is 0 Å². The van der Waals surface area contributed by atoms with Crippen molar-refractivity contribution >= 4 is 10.9 Å². The minimum absolute atomic E-state index is 0.250. The average Bonchev–Trinajstić information content (AvgIpc) is 3.16. The van der Waals surface area contributed by atoms with E-state index in [1.54, 1.807) is 7.11 Å². The summed E-state index contributed by atoms with van der Waals surface area (Å²) >= 11 is 0. The number of para-hydroxylation sites is 1. The molecule has 17 heavy (non-hydrogen) atoms. The van der Waals surface area contributed by atoms with Gasteiger partial charge >= 0.3 is 0 Å². The van der Waals surface area contributed by atoms with E-state index in [9.17, 15) is 0 Å². The molecule has 1 aromatic carbocycles.